The summed E-state index contributed by atoms with van der Waals surface area (Å²) in [6.45, 7) is 3.38. The van der Waals surface area contributed by atoms with Crippen molar-refractivity contribution < 1.29 is 19.2 Å². The van der Waals surface area contributed by atoms with Crippen LogP contribution in [-0.2, 0) is 4.79 Å². The van der Waals surface area contributed by atoms with Crippen LogP contribution in [0.1, 0.15) is 12.5 Å². The van der Waals surface area contributed by atoms with Crippen molar-refractivity contribution in [2.24, 2.45) is 0 Å². The van der Waals surface area contributed by atoms with Gasteiger partial charge in [0.05, 0.1) is 12.8 Å². The summed E-state index contributed by atoms with van der Waals surface area (Å²) in [5.74, 6) is -0.461. The highest BCUT2D eigenvalue weighted by atomic mass is 16.6. The first-order valence-electron chi connectivity index (χ1n) is 7.14. The average Bonchev–Trinajstić information content (AvgIpc) is 2.55. The van der Waals surface area contributed by atoms with E-state index in [4.69, 9.17) is 9.47 Å². The molecule has 0 fully saturated rings. The number of aryl methyl sites for hydroxylation is 1. The summed E-state index contributed by atoms with van der Waals surface area (Å²) in [5.41, 5.74) is 1.45. The van der Waals surface area contributed by atoms with E-state index in [1.807, 2.05) is 13.0 Å². The smallest absolute Gasteiger partial charge is 0.406 e. The first kappa shape index (κ1) is 17.2. The number of methoxy groups -OCH3 is 1. The third-order valence-electron chi connectivity index (χ3n) is 3.21. The van der Waals surface area contributed by atoms with Gasteiger partial charge in [0.2, 0.25) is 5.75 Å². The number of ether oxygens (including phenoxy) is 2. The average molecular weight is 331 g/mol. The van der Waals surface area contributed by atoms with Crippen molar-refractivity contribution in [3.63, 3.8) is 0 Å². The molecule has 24 heavy (non-hydrogen) atoms. The van der Waals surface area contributed by atoms with Crippen molar-refractivity contribution in [2.75, 3.05) is 12.4 Å². The minimum atomic E-state index is -0.960. The molecule has 0 bridgehead atoms. The van der Waals surface area contributed by atoms with Crippen LogP contribution in [0.3, 0.4) is 0 Å². The molecule has 0 aliphatic carbocycles. The molecule has 0 aliphatic heterocycles. The molecule has 8 nitrogen and oxygen atoms in total. The van der Waals surface area contributed by atoms with Gasteiger partial charge in [-0.1, -0.05) is 6.07 Å². The summed E-state index contributed by atoms with van der Waals surface area (Å²) >= 11 is 0. The number of hydrogen-bond acceptors (Lipinski definition) is 6. The van der Waals surface area contributed by atoms with Crippen molar-refractivity contribution in [1.29, 1.82) is 0 Å². The number of rotatable bonds is 6. The van der Waals surface area contributed by atoms with Crippen LogP contribution in [0.25, 0.3) is 0 Å². The highest BCUT2D eigenvalue weighted by Gasteiger charge is 2.22. The molecule has 1 aromatic carbocycles. The largest absolute Gasteiger partial charge is 0.495 e. The summed E-state index contributed by atoms with van der Waals surface area (Å²) in [4.78, 5) is 26.2. The molecule has 2 aromatic rings. The van der Waals surface area contributed by atoms with E-state index >= 15 is 0 Å². The Labute approximate surface area is 138 Å². The van der Waals surface area contributed by atoms with E-state index in [2.05, 4.69) is 10.3 Å². The van der Waals surface area contributed by atoms with Gasteiger partial charge in [0, 0.05) is 0 Å². The van der Waals surface area contributed by atoms with E-state index in [-0.39, 0.29) is 5.75 Å². The SMILES string of the molecule is COc1ccc(C)cc1NC(=O)C(C)Oc1cccnc1[N+](=O)[O-]. The van der Waals surface area contributed by atoms with E-state index in [0.717, 1.165) is 5.56 Å². The van der Waals surface area contributed by atoms with Gasteiger partial charge in [-0.15, -0.1) is 0 Å². The zero-order valence-electron chi connectivity index (χ0n) is 13.5. The number of nitro groups is 1. The Balaban J connectivity index is 2.14. The first-order valence-corrected chi connectivity index (χ1v) is 7.14. The fourth-order valence-electron chi connectivity index (χ4n) is 2.01. The second-order valence-corrected chi connectivity index (χ2v) is 5.04. The Kier molecular flexibility index (Phi) is 5.31. The van der Waals surface area contributed by atoms with Crippen molar-refractivity contribution >= 4 is 17.4 Å². The molecule has 0 spiro atoms. The predicted molar refractivity (Wildman–Crippen MR) is 87.3 cm³/mol. The van der Waals surface area contributed by atoms with Gasteiger partial charge < -0.3 is 24.9 Å². The molecular weight excluding hydrogens is 314 g/mol. The molecule has 1 atom stereocenters. The molecule has 126 valence electrons. The van der Waals surface area contributed by atoms with Crippen LogP contribution < -0.4 is 14.8 Å². The fraction of sp³-hybridized carbons (Fsp3) is 0.250. The lowest BCUT2D eigenvalue weighted by atomic mass is 10.2. The van der Waals surface area contributed by atoms with Gasteiger partial charge in [-0.2, -0.15) is 0 Å². The third-order valence-corrected chi connectivity index (χ3v) is 3.21. The molecule has 0 saturated carbocycles. The fourth-order valence-corrected chi connectivity index (χ4v) is 2.01. The number of carbonyl (C=O) groups is 1. The van der Waals surface area contributed by atoms with Crippen molar-refractivity contribution in [1.82, 2.24) is 4.98 Å². The standard InChI is InChI=1S/C16H17N3O5/c1-10-6-7-13(23-3)12(9-10)18-16(20)11(2)24-14-5-4-8-17-15(14)19(21)22/h4-9,11H,1-3H3,(H,18,20). The summed E-state index contributed by atoms with van der Waals surface area (Å²) in [6.07, 6.45) is 0.325. The molecule has 8 heteroatoms. The number of carbonyl (C=O) groups excluding carboxylic acids is 1. The second-order valence-electron chi connectivity index (χ2n) is 5.04. The van der Waals surface area contributed by atoms with Crippen molar-refractivity contribution in [2.45, 2.75) is 20.0 Å². The number of hydrogen-bond donors (Lipinski definition) is 1. The van der Waals surface area contributed by atoms with E-state index in [0.29, 0.717) is 11.4 Å². The van der Waals surface area contributed by atoms with E-state index < -0.39 is 22.8 Å². The number of nitrogens with one attached hydrogen (secondary N) is 1. The van der Waals surface area contributed by atoms with Crippen LogP contribution >= 0.6 is 0 Å². The quantitative estimate of drug-likeness (QED) is 0.645. The maximum atomic E-state index is 12.3. The van der Waals surface area contributed by atoms with Gasteiger partial charge in [0.1, 0.15) is 11.9 Å². The molecule has 1 heterocycles. The number of amides is 1. The van der Waals surface area contributed by atoms with Crippen LogP contribution in [0.15, 0.2) is 36.5 Å². The summed E-state index contributed by atoms with van der Waals surface area (Å²) < 4.78 is 10.6. The maximum absolute atomic E-state index is 12.3. The summed E-state index contributed by atoms with van der Waals surface area (Å²) in [7, 11) is 1.50. The maximum Gasteiger partial charge on any atom is 0.406 e. The number of anilines is 1. The number of nitrogens with zero attached hydrogens (tertiary/aromatic N) is 2. The lowest BCUT2D eigenvalue weighted by Gasteiger charge is -2.16. The molecule has 1 aromatic heterocycles. The summed E-state index contributed by atoms with van der Waals surface area (Å²) in [6, 6.07) is 8.24. The lowest BCUT2D eigenvalue weighted by Crippen LogP contribution is -2.30. The summed E-state index contributed by atoms with van der Waals surface area (Å²) in [5, 5.41) is 13.6. The van der Waals surface area contributed by atoms with Gasteiger partial charge in [0.25, 0.3) is 5.91 Å². The molecule has 1 unspecified atom stereocenters. The Bertz CT molecular complexity index is 763. The first-order chi connectivity index (χ1) is 11.4. The minimum Gasteiger partial charge on any atom is -0.495 e. The predicted octanol–water partition coefficient (Wildman–Crippen LogP) is 2.71. The van der Waals surface area contributed by atoms with Crippen LogP contribution in [0, 0.1) is 17.0 Å². The Morgan fingerprint density at radius 1 is 1.33 bits per heavy atom. The van der Waals surface area contributed by atoms with Gasteiger partial charge in [-0.3, -0.25) is 4.79 Å². The van der Waals surface area contributed by atoms with Crippen LogP contribution in [0.5, 0.6) is 11.5 Å². The lowest BCUT2D eigenvalue weighted by molar-refractivity contribution is -0.390. The molecular formula is C16H17N3O5. The highest BCUT2D eigenvalue weighted by Crippen LogP contribution is 2.27. The van der Waals surface area contributed by atoms with Gasteiger partial charge >= 0.3 is 5.82 Å². The normalized spacial score (nSPS) is 11.5. The van der Waals surface area contributed by atoms with Crippen LogP contribution in [0.4, 0.5) is 11.5 Å². The second kappa shape index (κ2) is 7.40. The zero-order valence-corrected chi connectivity index (χ0v) is 13.5. The zero-order chi connectivity index (χ0) is 17.7. The topological polar surface area (TPSA) is 104 Å². The minimum absolute atomic E-state index is 0.0682. The van der Waals surface area contributed by atoms with E-state index in [1.54, 1.807) is 12.1 Å². The Morgan fingerprint density at radius 3 is 2.75 bits per heavy atom. The highest BCUT2D eigenvalue weighted by molar-refractivity contribution is 5.95. The van der Waals surface area contributed by atoms with Crippen LogP contribution in [0.2, 0.25) is 0 Å². The Hall–Kier alpha value is -3.16. The molecule has 0 radical (unpaired) electrons. The van der Waals surface area contributed by atoms with Gasteiger partial charge in [-0.05, 0) is 53.6 Å². The van der Waals surface area contributed by atoms with E-state index in [1.165, 1.54) is 32.4 Å². The van der Waals surface area contributed by atoms with Gasteiger partial charge in [-0.25, -0.2) is 0 Å². The van der Waals surface area contributed by atoms with E-state index in [9.17, 15) is 14.9 Å². The Morgan fingerprint density at radius 2 is 2.08 bits per heavy atom. The number of benzene rings is 1. The molecule has 0 aliphatic rings. The third kappa shape index (κ3) is 3.97. The molecule has 0 saturated heterocycles. The number of pyridine rings is 1. The number of aromatic nitrogens is 1. The van der Waals surface area contributed by atoms with Crippen molar-refractivity contribution in [3.8, 4) is 11.5 Å². The van der Waals surface area contributed by atoms with Crippen LogP contribution in [-0.4, -0.2) is 29.0 Å². The molecule has 1 N–H and O–H groups in total. The molecule has 2 rings (SSSR count). The monoisotopic (exact) mass is 331 g/mol. The van der Waals surface area contributed by atoms with Gasteiger partial charge in [0.15, 0.2) is 6.10 Å². The van der Waals surface area contributed by atoms with Crippen molar-refractivity contribution in [3.05, 3.63) is 52.2 Å². The molecule has 1 amide bonds.